The summed E-state index contributed by atoms with van der Waals surface area (Å²) in [5.41, 5.74) is 12.0. The zero-order valence-electron chi connectivity index (χ0n) is 19.1. The summed E-state index contributed by atoms with van der Waals surface area (Å²) in [5, 5.41) is 5.61. The lowest BCUT2D eigenvalue weighted by atomic mass is 9.80. The van der Waals surface area contributed by atoms with Crippen LogP contribution < -0.4 is 11.1 Å². The highest BCUT2D eigenvalue weighted by molar-refractivity contribution is 7.46. The average Bonchev–Trinajstić information content (AvgIpc) is 3.38. The Bertz CT molecular complexity index is 1040. The monoisotopic (exact) mass is 481 g/mol. The van der Waals surface area contributed by atoms with E-state index in [1.807, 2.05) is 12.7 Å². The van der Waals surface area contributed by atoms with Crippen molar-refractivity contribution in [3.05, 3.63) is 71.1 Å². The average molecular weight is 482 g/mol. The lowest BCUT2D eigenvalue weighted by Gasteiger charge is -2.44. The maximum atomic E-state index is 6.21. The molecule has 2 aliphatic heterocycles. The van der Waals surface area contributed by atoms with E-state index in [1.54, 1.807) is 11.3 Å². The highest BCUT2D eigenvalue weighted by Crippen LogP contribution is 2.46. The van der Waals surface area contributed by atoms with E-state index >= 15 is 0 Å². The molecule has 33 heavy (non-hydrogen) atoms. The van der Waals surface area contributed by atoms with Crippen LogP contribution in [0, 0.1) is 5.41 Å². The van der Waals surface area contributed by atoms with E-state index < -0.39 is 8.38 Å². The maximum Gasteiger partial charge on any atom is 0.167 e. The van der Waals surface area contributed by atoms with Gasteiger partial charge in [-0.3, -0.25) is 4.90 Å². The van der Waals surface area contributed by atoms with Crippen LogP contribution in [0.5, 0.6) is 0 Å². The number of nitrogens with one attached hydrogen (secondary N) is 1. The minimum Gasteiger partial charge on any atom is -0.397 e. The summed E-state index contributed by atoms with van der Waals surface area (Å²) < 4.78 is 11.7. The van der Waals surface area contributed by atoms with Gasteiger partial charge in [-0.05, 0) is 66.2 Å². The second-order valence-electron chi connectivity index (χ2n) is 9.21. The van der Waals surface area contributed by atoms with Gasteiger partial charge in [-0.15, -0.1) is 11.3 Å². The highest BCUT2D eigenvalue weighted by atomic mass is 32.1. The fourth-order valence-corrected chi connectivity index (χ4v) is 6.24. The minimum absolute atomic E-state index is 0.240. The maximum absolute atomic E-state index is 6.21. The van der Waals surface area contributed by atoms with E-state index in [0.717, 1.165) is 63.6 Å². The van der Waals surface area contributed by atoms with Gasteiger partial charge in [-0.2, -0.15) is 0 Å². The van der Waals surface area contributed by atoms with Crippen LogP contribution in [0.3, 0.4) is 0 Å². The van der Waals surface area contributed by atoms with Gasteiger partial charge in [-0.1, -0.05) is 36.4 Å². The molecule has 0 unspecified atom stereocenters. The van der Waals surface area contributed by atoms with Crippen molar-refractivity contribution in [2.45, 2.75) is 25.9 Å². The zero-order chi connectivity index (χ0) is 22.7. The summed E-state index contributed by atoms with van der Waals surface area (Å²) in [6, 6.07) is 19.4. The standard InChI is InChI=1S/C26H32N3O2PS/c1-32-30-18-26(19-31-32)10-12-29(13-11-26)17-21-6-4-20(5-7-21)16-28-24-15-22(8-9-23(24)27)25-3-2-14-33-25/h2-9,14-15,28H,10-13,16-19,27H2,1H3. The number of nitrogens with two attached hydrogens (primary N) is 1. The number of nitrogen functional groups attached to an aromatic ring is 1. The van der Waals surface area contributed by atoms with Crippen LogP contribution in [-0.4, -0.2) is 37.9 Å². The fraction of sp³-hybridized carbons (Fsp3) is 0.385. The first-order chi connectivity index (χ1) is 16.1. The molecule has 0 aliphatic carbocycles. The van der Waals surface area contributed by atoms with E-state index in [1.165, 1.54) is 21.6 Å². The molecule has 0 bridgehead atoms. The van der Waals surface area contributed by atoms with Crippen molar-refractivity contribution in [3.63, 3.8) is 0 Å². The van der Waals surface area contributed by atoms with Crippen molar-refractivity contribution in [2.75, 3.05) is 44.0 Å². The summed E-state index contributed by atoms with van der Waals surface area (Å²) in [5.74, 6) is 0. The molecule has 2 aliphatic rings. The van der Waals surface area contributed by atoms with Crippen molar-refractivity contribution in [2.24, 2.45) is 5.41 Å². The minimum atomic E-state index is -0.652. The molecule has 0 amide bonds. The van der Waals surface area contributed by atoms with Crippen molar-refractivity contribution in [1.82, 2.24) is 4.90 Å². The molecule has 5 nitrogen and oxygen atoms in total. The molecule has 1 spiro atoms. The van der Waals surface area contributed by atoms with E-state index in [0.29, 0.717) is 0 Å². The van der Waals surface area contributed by atoms with Crippen molar-refractivity contribution >= 4 is 31.1 Å². The van der Waals surface area contributed by atoms with Crippen LogP contribution in [0.4, 0.5) is 11.4 Å². The Hall–Kier alpha value is -1.95. The Morgan fingerprint density at radius 1 is 1.03 bits per heavy atom. The molecule has 0 atom stereocenters. The fourth-order valence-electron chi connectivity index (χ4n) is 4.53. The first kappa shape index (κ1) is 22.8. The largest absolute Gasteiger partial charge is 0.397 e. The lowest BCUT2D eigenvalue weighted by molar-refractivity contribution is -0.0150. The number of thiophene rings is 1. The van der Waals surface area contributed by atoms with E-state index in [2.05, 4.69) is 64.1 Å². The number of likely N-dealkylation sites (tertiary alicyclic amines) is 1. The van der Waals surface area contributed by atoms with Crippen LogP contribution in [0.15, 0.2) is 60.0 Å². The Morgan fingerprint density at radius 2 is 1.76 bits per heavy atom. The number of hydrogen-bond donors (Lipinski definition) is 2. The molecular formula is C26H32N3O2PS. The smallest absolute Gasteiger partial charge is 0.167 e. The molecule has 2 aromatic carbocycles. The molecule has 3 heterocycles. The molecular weight excluding hydrogens is 449 g/mol. The number of piperidine rings is 1. The third-order valence-corrected chi connectivity index (χ3v) is 8.70. The van der Waals surface area contributed by atoms with Crippen LogP contribution in [0.1, 0.15) is 24.0 Å². The van der Waals surface area contributed by atoms with Gasteiger partial charge in [-0.25, -0.2) is 0 Å². The summed E-state index contributed by atoms with van der Waals surface area (Å²) in [4.78, 5) is 3.81. The van der Waals surface area contributed by atoms with Gasteiger partial charge in [0, 0.05) is 30.0 Å². The van der Waals surface area contributed by atoms with Crippen LogP contribution in [0.25, 0.3) is 10.4 Å². The zero-order valence-corrected chi connectivity index (χ0v) is 20.8. The van der Waals surface area contributed by atoms with Gasteiger partial charge < -0.3 is 20.1 Å². The SMILES string of the molecule is CP1OCC2(CCN(Cc3ccc(CNc4cc(-c5cccs5)ccc4N)cc3)CC2)CO1. The molecule has 0 radical (unpaired) electrons. The summed E-state index contributed by atoms with van der Waals surface area (Å²) in [7, 11) is -0.652. The topological polar surface area (TPSA) is 59.8 Å². The predicted molar refractivity (Wildman–Crippen MR) is 140 cm³/mol. The second kappa shape index (κ2) is 10.1. The van der Waals surface area contributed by atoms with E-state index in [9.17, 15) is 0 Å². The second-order valence-corrected chi connectivity index (χ2v) is 11.6. The van der Waals surface area contributed by atoms with Gasteiger partial charge >= 0.3 is 0 Å². The number of benzene rings is 2. The van der Waals surface area contributed by atoms with Crippen LogP contribution in [0.2, 0.25) is 0 Å². The van der Waals surface area contributed by atoms with Crippen LogP contribution in [-0.2, 0) is 22.1 Å². The summed E-state index contributed by atoms with van der Waals surface area (Å²) in [6.07, 6.45) is 2.31. The predicted octanol–water partition coefficient (Wildman–Crippen LogP) is 6.18. The molecule has 2 fully saturated rings. The van der Waals surface area contributed by atoms with E-state index in [4.69, 9.17) is 14.8 Å². The lowest BCUT2D eigenvalue weighted by Crippen LogP contribution is -2.45. The van der Waals surface area contributed by atoms with Gasteiger partial charge in [0.05, 0.1) is 24.6 Å². The number of nitrogens with zero attached hydrogens (tertiary/aromatic N) is 1. The molecule has 2 saturated heterocycles. The normalized spacial score (nSPS) is 19.1. The molecule has 0 saturated carbocycles. The van der Waals surface area contributed by atoms with E-state index in [-0.39, 0.29) is 5.41 Å². The molecule has 1 aromatic heterocycles. The number of rotatable bonds is 6. The molecule has 3 N–H and O–H groups in total. The Labute approximate surface area is 201 Å². The summed E-state index contributed by atoms with van der Waals surface area (Å²) in [6.45, 7) is 7.76. The Balaban J connectivity index is 1.13. The van der Waals surface area contributed by atoms with Gasteiger partial charge in [0.25, 0.3) is 0 Å². The quantitative estimate of drug-likeness (QED) is 0.325. The van der Waals surface area contributed by atoms with Crippen molar-refractivity contribution in [1.29, 1.82) is 0 Å². The van der Waals surface area contributed by atoms with Gasteiger partial charge in [0.15, 0.2) is 8.38 Å². The number of anilines is 2. The third kappa shape index (κ3) is 5.59. The molecule has 3 aromatic rings. The summed E-state index contributed by atoms with van der Waals surface area (Å²) >= 11 is 1.74. The third-order valence-electron chi connectivity index (χ3n) is 6.79. The van der Waals surface area contributed by atoms with Gasteiger partial charge in [0.1, 0.15) is 0 Å². The van der Waals surface area contributed by atoms with Crippen molar-refractivity contribution < 1.29 is 9.05 Å². The number of hydrogen-bond acceptors (Lipinski definition) is 6. The first-order valence-electron chi connectivity index (χ1n) is 11.6. The van der Waals surface area contributed by atoms with Crippen LogP contribution >= 0.6 is 19.7 Å². The molecule has 174 valence electrons. The van der Waals surface area contributed by atoms with Gasteiger partial charge in [0.2, 0.25) is 0 Å². The first-order valence-corrected chi connectivity index (χ1v) is 14.1. The highest BCUT2D eigenvalue weighted by Gasteiger charge is 2.39. The molecule has 7 heteroatoms. The Kier molecular flexibility index (Phi) is 7.00. The molecule has 5 rings (SSSR count). The Morgan fingerprint density at radius 3 is 2.45 bits per heavy atom. The van der Waals surface area contributed by atoms with Crippen molar-refractivity contribution in [3.8, 4) is 10.4 Å².